The highest BCUT2D eigenvalue weighted by Gasteiger charge is 2.30. The van der Waals surface area contributed by atoms with Gasteiger partial charge in [0, 0.05) is 13.0 Å². The molecule has 0 bridgehead atoms. The molecule has 0 spiro atoms. The second-order valence-corrected chi connectivity index (χ2v) is 3.68. The van der Waals surface area contributed by atoms with Crippen molar-refractivity contribution in [3.63, 3.8) is 0 Å². The largest absolute Gasteiger partial charge is 0.478 e. The van der Waals surface area contributed by atoms with E-state index >= 15 is 0 Å². The Kier molecular flexibility index (Phi) is 5.21. The zero-order valence-corrected chi connectivity index (χ0v) is 9.09. The van der Waals surface area contributed by atoms with Crippen molar-refractivity contribution < 1.29 is 24.5 Å². The van der Waals surface area contributed by atoms with Gasteiger partial charge in [0.15, 0.2) is 0 Å². The lowest BCUT2D eigenvalue weighted by Crippen LogP contribution is -2.46. The SMILES string of the molecule is O=C(O)C(OCCO)N1CCCCCC1=O. The van der Waals surface area contributed by atoms with Crippen LogP contribution >= 0.6 is 0 Å². The monoisotopic (exact) mass is 231 g/mol. The fourth-order valence-corrected chi connectivity index (χ4v) is 1.71. The molecule has 1 heterocycles. The molecule has 2 N–H and O–H groups in total. The van der Waals surface area contributed by atoms with Gasteiger partial charge in [-0.15, -0.1) is 0 Å². The zero-order valence-electron chi connectivity index (χ0n) is 9.09. The first-order valence-corrected chi connectivity index (χ1v) is 5.41. The standard InChI is InChI=1S/C10H17NO5/c12-6-7-16-9(10(14)15)11-5-3-1-2-4-8(11)13/h9,12H,1-7H2,(H,14,15). The second-order valence-electron chi connectivity index (χ2n) is 3.68. The summed E-state index contributed by atoms with van der Waals surface area (Å²) in [7, 11) is 0. The van der Waals surface area contributed by atoms with Gasteiger partial charge in [-0.3, -0.25) is 4.79 Å². The molecule has 1 fully saturated rings. The third-order valence-electron chi connectivity index (χ3n) is 2.47. The van der Waals surface area contributed by atoms with Crippen molar-refractivity contribution in [2.45, 2.75) is 31.9 Å². The molecule has 16 heavy (non-hydrogen) atoms. The van der Waals surface area contributed by atoms with Crippen LogP contribution in [0.2, 0.25) is 0 Å². The van der Waals surface area contributed by atoms with Crippen LogP contribution in [0.15, 0.2) is 0 Å². The van der Waals surface area contributed by atoms with Crippen molar-refractivity contribution in [2.24, 2.45) is 0 Å². The van der Waals surface area contributed by atoms with Crippen LogP contribution in [0.5, 0.6) is 0 Å². The fourth-order valence-electron chi connectivity index (χ4n) is 1.71. The molecular weight excluding hydrogens is 214 g/mol. The average molecular weight is 231 g/mol. The molecule has 1 rings (SSSR count). The molecule has 0 aromatic heterocycles. The Morgan fingerprint density at radius 3 is 2.81 bits per heavy atom. The Morgan fingerprint density at radius 2 is 2.19 bits per heavy atom. The van der Waals surface area contributed by atoms with Crippen LogP contribution < -0.4 is 0 Å². The Morgan fingerprint density at radius 1 is 1.44 bits per heavy atom. The van der Waals surface area contributed by atoms with Crippen molar-refractivity contribution in [2.75, 3.05) is 19.8 Å². The van der Waals surface area contributed by atoms with Gasteiger partial charge in [-0.05, 0) is 12.8 Å². The zero-order chi connectivity index (χ0) is 12.0. The van der Waals surface area contributed by atoms with Gasteiger partial charge in [-0.25, -0.2) is 4.79 Å². The van der Waals surface area contributed by atoms with Crippen LogP contribution in [0.25, 0.3) is 0 Å². The van der Waals surface area contributed by atoms with Crippen molar-refractivity contribution >= 4 is 11.9 Å². The topological polar surface area (TPSA) is 87.1 Å². The molecule has 1 saturated heterocycles. The van der Waals surface area contributed by atoms with Crippen LogP contribution in [-0.2, 0) is 14.3 Å². The molecule has 1 amide bonds. The number of ether oxygens (including phenoxy) is 1. The minimum absolute atomic E-state index is 0.0826. The molecule has 1 atom stereocenters. The molecule has 92 valence electrons. The summed E-state index contributed by atoms with van der Waals surface area (Å²) in [5.74, 6) is -1.38. The number of hydrogen-bond acceptors (Lipinski definition) is 4. The predicted octanol–water partition coefficient (Wildman–Crippen LogP) is -0.191. The summed E-state index contributed by atoms with van der Waals surface area (Å²) in [6, 6.07) is 0. The normalized spacial score (nSPS) is 19.3. The lowest BCUT2D eigenvalue weighted by Gasteiger charge is -2.27. The number of aliphatic carboxylic acids is 1. The molecule has 1 aliphatic rings. The van der Waals surface area contributed by atoms with Gasteiger partial charge >= 0.3 is 5.97 Å². The maximum absolute atomic E-state index is 11.6. The minimum Gasteiger partial charge on any atom is -0.478 e. The van der Waals surface area contributed by atoms with Crippen LogP contribution in [0.1, 0.15) is 25.7 Å². The van der Waals surface area contributed by atoms with E-state index in [9.17, 15) is 9.59 Å². The van der Waals surface area contributed by atoms with E-state index in [0.29, 0.717) is 13.0 Å². The van der Waals surface area contributed by atoms with Crippen LogP contribution in [0.3, 0.4) is 0 Å². The summed E-state index contributed by atoms with van der Waals surface area (Å²) < 4.78 is 4.97. The smallest absolute Gasteiger partial charge is 0.354 e. The number of rotatable bonds is 5. The maximum atomic E-state index is 11.6. The fraction of sp³-hybridized carbons (Fsp3) is 0.800. The third kappa shape index (κ3) is 3.46. The van der Waals surface area contributed by atoms with E-state index in [1.54, 1.807) is 0 Å². The molecule has 0 saturated carbocycles. The van der Waals surface area contributed by atoms with Crippen LogP contribution in [0.4, 0.5) is 0 Å². The summed E-state index contributed by atoms with van der Waals surface area (Å²) in [4.78, 5) is 23.8. The number of carboxylic acid groups (broad SMARTS) is 1. The van der Waals surface area contributed by atoms with E-state index in [2.05, 4.69) is 0 Å². The maximum Gasteiger partial charge on any atom is 0.354 e. The van der Waals surface area contributed by atoms with Gasteiger partial charge in [0.1, 0.15) is 0 Å². The molecule has 0 radical (unpaired) electrons. The lowest BCUT2D eigenvalue weighted by molar-refractivity contribution is -0.172. The highest BCUT2D eigenvalue weighted by atomic mass is 16.5. The molecule has 0 aromatic carbocycles. The van der Waals surface area contributed by atoms with Gasteiger partial charge < -0.3 is 19.8 Å². The first kappa shape index (κ1) is 12.9. The molecule has 1 unspecified atom stereocenters. The Hall–Kier alpha value is -1.14. The highest BCUT2D eigenvalue weighted by Crippen LogP contribution is 2.14. The van der Waals surface area contributed by atoms with E-state index < -0.39 is 12.2 Å². The minimum atomic E-state index is -1.27. The lowest BCUT2D eigenvalue weighted by atomic mass is 10.2. The molecule has 0 aromatic rings. The highest BCUT2D eigenvalue weighted by molar-refractivity contribution is 5.82. The van der Waals surface area contributed by atoms with Gasteiger partial charge in [0.05, 0.1) is 13.2 Å². The second kappa shape index (κ2) is 6.44. The summed E-state index contributed by atoms with van der Waals surface area (Å²) in [6.07, 6.45) is 1.61. The first-order chi connectivity index (χ1) is 7.66. The summed E-state index contributed by atoms with van der Waals surface area (Å²) in [5, 5.41) is 17.6. The van der Waals surface area contributed by atoms with Crippen LogP contribution in [0, 0.1) is 0 Å². The number of nitrogens with zero attached hydrogens (tertiary/aromatic N) is 1. The number of aliphatic hydroxyl groups is 1. The summed E-state index contributed by atoms with van der Waals surface area (Å²) in [6.45, 7) is 0.0633. The Labute approximate surface area is 93.8 Å². The van der Waals surface area contributed by atoms with Gasteiger partial charge in [-0.1, -0.05) is 6.42 Å². The van der Waals surface area contributed by atoms with Gasteiger partial charge in [0.25, 0.3) is 0 Å². The number of amides is 1. The molecular formula is C10H17NO5. The van der Waals surface area contributed by atoms with E-state index in [1.165, 1.54) is 4.90 Å². The number of carbonyl (C=O) groups excluding carboxylic acids is 1. The number of hydrogen-bond donors (Lipinski definition) is 2. The molecule has 6 heteroatoms. The van der Waals surface area contributed by atoms with E-state index in [1.807, 2.05) is 0 Å². The summed E-state index contributed by atoms with van der Waals surface area (Å²) in [5.41, 5.74) is 0. The van der Waals surface area contributed by atoms with E-state index in [0.717, 1.165) is 19.3 Å². The van der Waals surface area contributed by atoms with Gasteiger partial charge in [-0.2, -0.15) is 0 Å². The predicted molar refractivity (Wildman–Crippen MR) is 54.6 cm³/mol. The van der Waals surface area contributed by atoms with Crippen molar-refractivity contribution in [1.82, 2.24) is 4.90 Å². The van der Waals surface area contributed by atoms with Gasteiger partial charge in [0.2, 0.25) is 12.1 Å². The number of likely N-dealkylation sites (tertiary alicyclic amines) is 1. The average Bonchev–Trinajstić information content (AvgIpc) is 2.44. The van der Waals surface area contributed by atoms with Crippen molar-refractivity contribution in [1.29, 1.82) is 0 Å². The van der Waals surface area contributed by atoms with Crippen molar-refractivity contribution in [3.8, 4) is 0 Å². The quantitative estimate of drug-likeness (QED) is 0.684. The summed E-state index contributed by atoms with van der Waals surface area (Å²) >= 11 is 0. The molecule has 0 aliphatic carbocycles. The van der Waals surface area contributed by atoms with Crippen molar-refractivity contribution in [3.05, 3.63) is 0 Å². The Bertz CT molecular complexity index is 256. The first-order valence-electron chi connectivity index (χ1n) is 5.41. The number of carbonyl (C=O) groups is 2. The van der Waals surface area contributed by atoms with E-state index in [4.69, 9.17) is 14.9 Å². The number of aliphatic hydroxyl groups excluding tert-OH is 1. The Balaban J connectivity index is 2.66. The number of carboxylic acids is 1. The molecule has 6 nitrogen and oxygen atoms in total. The third-order valence-corrected chi connectivity index (χ3v) is 2.47. The molecule has 1 aliphatic heterocycles. The van der Waals surface area contributed by atoms with E-state index in [-0.39, 0.29) is 19.1 Å². The van der Waals surface area contributed by atoms with Crippen LogP contribution in [-0.4, -0.2) is 53.0 Å².